The highest BCUT2D eigenvalue weighted by molar-refractivity contribution is 5.94. The number of ketones is 1. The molecule has 0 aliphatic carbocycles. The molecule has 1 aliphatic rings. The Morgan fingerprint density at radius 2 is 2.05 bits per heavy atom. The molecular weight excluding hydrogens is 238 g/mol. The Kier molecular flexibility index (Phi) is 4.18. The predicted octanol–water partition coefficient (Wildman–Crippen LogP) is 1.92. The zero-order chi connectivity index (χ0) is 13.8. The molecule has 0 saturated carbocycles. The van der Waals surface area contributed by atoms with E-state index in [4.69, 9.17) is 5.26 Å². The smallest absolute Gasteiger partial charge is 0.159 e. The summed E-state index contributed by atoms with van der Waals surface area (Å²) in [6, 6.07) is 10.3. The van der Waals surface area contributed by atoms with Gasteiger partial charge in [0, 0.05) is 36.9 Å². The van der Waals surface area contributed by atoms with Gasteiger partial charge in [0.1, 0.15) is 0 Å². The van der Waals surface area contributed by atoms with Crippen LogP contribution in [0.25, 0.3) is 0 Å². The average molecular weight is 257 g/mol. The summed E-state index contributed by atoms with van der Waals surface area (Å²) in [6.45, 7) is 4.36. The van der Waals surface area contributed by atoms with Gasteiger partial charge in [0.25, 0.3) is 0 Å². The first kappa shape index (κ1) is 13.6. The second-order valence-corrected chi connectivity index (χ2v) is 5.05. The van der Waals surface area contributed by atoms with Crippen molar-refractivity contribution in [3.05, 3.63) is 29.8 Å². The van der Waals surface area contributed by atoms with Gasteiger partial charge in [-0.2, -0.15) is 5.26 Å². The molecule has 1 unspecified atom stereocenters. The van der Waals surface area contributed by atoms with E-state index in [9.17, 15) is 4.79 Å². The molecule has 0 bridgehead atoms. The van der Waals surface area contributed by atoms with Crippen molar-refractivity contribution in [3.63, 3.8) is 0 Å². The zero-order valence-electron chi connectivity index (χ0n) is 11.5. The number of piperazine rings is 1. The van der Waals surface area contributed by atoms with E-state index in [1.54, 1.807) is 6.92 Å². The Morgan fingerprint density at radius 1 is 1.37 bits per heavy atom. The van der Waals surface area contributed by atoms with Crippen LogP contribution in [0.3, 0.4) is 0 Å². The van der Waals surface area contributed by atoms with Gasteiger partial charge in [-0.25, -0.2) is 0 Å². The monoisotopic (exact) mass is 257 g/mol. The molecule has 2 rings (SSSR count). The summed E-state index contributed by atoms with van der Waals surface area (Å²) in [5.41, 5.74) is 1.87. The molecule has 1 aromatic carbocycles. The summed E-state index contributed by atoms with van der Waals surface area (Å²) in [5, 5.41) is 8.86. The first-order valence-electron chi connectivity index (χ1n) is 6.55. The second-order valence-electron chi connectivity index (χ2n) is 5.05. The third kappa shape index (κ3) is 3.12. The van der Waals surface area contributed by atoms with Crippen molar-refractivity contribution in [2.75, 3.05) is 31.6 Å². The van der Waals surface area contributed by atoms with E-state index in [1.165, 1.54) is 0 Å². The van der Waals surface area contributed by atoms with Crippen molar-refractivity contribution in [1.29, 1.82) is 5.26 Å². The van der Waals surface area contributed by atoms with Crippen LogP contribution in [0.1, 0.15) is 23.7 Å². The molecule has 1 heterocycles. The van der Waals surface area contributed by atoms with Gasteiger partial charge < -0.3 is 4.90 Å². The van der Waals surface area contributed by atoms with Crippen LogP contribution in [0.15, 0.2) is 24.3 Å². The maximum Gasteiger partial charge on any atom is 0.159 e. The number of hydrogen-bond acceptors (Lipinski definition) is 4. The lowest BCUT2D eigenvalue weighted by Gasteiger charge is -2.39. The Morgan fingerprint density at radius 3 is 2.63 bits per heavy atom. The number of nitrogens with zero attached hydrogens (tertiary/aromatic N) is 3. The van der Waals surface area contributed by atoms with Gasteiger partial charge in [-0.1, -0.05) is 0 Å². The van der Waals surface area contributed by atoms with Crippen LogP contribution < -0.4 is 4.90 Å². The van der Waals surface area contributed by atoms with E-state index in [-0.39, 0.29) is 11.8 Å². The molecule has 1 aliphatic heterocycles. The van der Waals surface area contributed by atoms with Gasteiger partial charge >= 0.3 is 0 Å². The predicted molar refractivity (Wildman–Crippen MR) is 75.3 cm³/mol. The molecule has 0 N–H and O–H groups in total. The van der Waals surface area contributed by atoms with Gasteiger partial charge in [0.15, 0.2) is 5.78 Å². The second kappa shape index (κ2) is 5.85. The van der Waals surface area contributed by atoms with Gasteiger partial charge in [-0.05, 0) is 38.2 Å². The van der Waals surface area contributed by atoms with Crippen LogP contribution in [0.5, 0.6) is 0 Å². The van der Waals surface area contributed by atoms with Crippen LogP contribution in [0, 0.1) is 11.3 Å². The molecule has 0 spiro atoms. The lowest BCUT2D eigenvalue weighted by Crippen LogP contribution is -2.51. The Bertz CT molecular complexity index is 489. The van der Waals surface area contributed by atoms with Gasteiger partial charge in [-0.15, -0.1) is 0 Å². The maximum absolute atomic E-state index is 11.3. The molecule has 4 nitrogen and oxygen atoms in total. The van der Waals surface area contributed by atoms with E-state index in [2.05, 4.69) is 22.9 Å². The molecule has 1 atom stereocenters. The molecule has 0 amide bonds. The largest absolute Gasteiger partial charge is 0.369 e. The summed E-state index contributed by atoms with van der Waals surface area (Å²) < 4.78 is 0. The minimum atomic E-state index is 0.0901. The normalized spacial score (nSPS) is 20.1. The summed E-state index contributed by atoms with van der Waals surface area (Å²) >= 11 is 0. The standard InChI is InChI=1S/C15H19N3O/c1-12(19)13-3-5-14(6-4-13)18-10-9-17(2)15(11-18)7-8-16/h3-6,15H,7,9-11H2,1-2H3. The average Bonchev–Trinajstić information content (AvgIpc) is 2.41. The van der Waals surface area contributed by atoms with E-state index in [0.717, 1.165) is 30.9 Å². The number of Topliss-reactive ketones (excluding diaryl/α,β-unsaturated/α-hetero) is 1. The van der Waals surface area contributed by atoms with Crippen molar-refractivity contribution >= 4 is 11.5 Å². The maximum atomic E-state index is 11.3. The molecule has 100 valence electrons. The van der Waals surface area contributed by atoms with Crippen LogP contribution in [-0.2, 0) is 0 Å². The fraction of sp³-hybridized carbons (Fsp3) is 0.467. The lowest BCUT2D eigenvalue weighted by molar-refractivity contribution is 0.101. The minimum absolute atomic E-state index is 0.0901. The lowest BCUT2D eigenvalue weighted by atomic mass is 10.1. The van der Waals surface area contributed by atoms with Gasteiger partial charge in [-0.3, -0.25) is 9.69 Å². The summed E-state index contributed by atoms with van der Waals surface area (Å²) in [4.78, 5) is 15.8. The fourth-order valence-corrected chi connectivity index (χ4v) is 2.41. The number of anilines is 1. The number of likely N-dealkylation sites (N-methyl/N-ethyl adjacent to an activating group) is 1. The van der Waals surface area contributed by atoms with Crippen LogP contribution >= 0.6 is 0 Å². The quantitative estimate of drug-likeness (QED) is 0.776. The van der Waals surface area contributed by atoms with Crippen LogP contribution in [-0.4, -0.2) is 43.4 Å². The van der Waals surface area contributed by atoms with Gasteiger partial charge in [0.05, 0.1) is 12.5 Å². The van der Waals surface area contributed by atoms with E-state index >= 15 is 0 Å². The van der Waals surface area contributed by atoms with E-state index < -0.39 is 0 Å². The third-order valence-electron chi connectivity index (χ3n) is 3.74. The van der Waals surface area contributed by atoms with Crippen molar-refractivity contribution < 1.29 is 4.79 Å². The molecule has 1 aromatic rings. The number of benzene rings is 1. The van der Waals surface area contributed by atoms with E-state index in [1.807, 2.05) is 24.3 Å². The van der Waals surface area contributed by atoms with Gasteiger partial charge in [0.2, 0.25) is 0 Å². The van der Waals surface area contributed by atoms with Crippen molar-refractivity contribution in [1.82, 2.24) is 4.90 Å². The molecular formula is C15H19N3O. The molecule has 19 heavy (non-hydrogen) atoms. The summed E-state index contributed by atoms with van der Waals surface area (Å²) in [6.07, 6.45) is 0.554. The number of carbonyl (C=O) groups is 1. The first-order chi connectivity index (χ1) is 9.11. The SMILES string of the molecule is CC(=O)c1ccc(N2CCN(C)C(CC#N)C2)cc1. The third-order valence-corrected chi connectivity index (χ3v) is 3.74. The molecule has 0 aromatic heterocycles. The topological polar surface area (TPSA) is 47.3 Å². The van der Waals surface area contributed by atoms with E-state index in [0.29, 0.717) is 6.42 Å². The molecule has 1 saturated heterocycles. The fourth-order valence-electron chi connectivity index (χ4n) is 2.41. The molecule has 4 heteroatoms. The first-order valence-corrected chi connectivity index (χ1v) is 6.55. The number of carbonyl (C=O) groups excluding carboxylic acids is 1. The number of rotatable bonds is 3. The highest BCUT2D eigenvalue weighted by atomic mass is 16.1. The zero-order valence-corrected chi connectivity index (χ0v) is 11.5. The van der Waals surface area contributed by atoms with Crippen LogP contribution in [0.4, 0.5) is 5.69 Å². The Labute approximate surface area is 114 Å². The van der Waals surface area contributed by atoms with Crippen molar-refractivity contribution in [3.8, 4) is 6.07 Å². The highest BCUT2D eigenvalue weighted by Crippen LogP contribution is 2.20. The molecule has 1 fully saturated rings. The Hall–Kier alpha value is -1.86. The van der Waals surface area contributed by atoms with Crippen molar-refractivity contribution in [2.45, 2.75) is 19.4 Å². The molecule has 0 radical (unpaired) electrons. The van der Waals surface area contributed by atoms with Crippen molar-refractivity contribution in [2.24, 2.45) is 0 Å². The number of nitriles is 1. The summed E-state index contributed by atoms with van der Waals surface area (Å²) in [5.74, 6) is 0.0901. The highest BCUT2D eigenvalue weighted by Gasteiger charge is 2.24. The Balaban J connectivity index is 2.09. The van der Waals surface area contributed by atoms with Crippen LogP contribution in [0.2, 0.25) is 0 Å². The number of hydrogen-bond donors (Lipinski definition) is 0. The minimum Gasteiger partial charge on any atom is -0.369 e. The summed E-state index contributed by atoms with van der Waals surface area (Å²) in [7, 11) is 2.07.